The van der Waals surface area contributed by atoms with E-state index in [-0.39, 0.29) is 64.5 Å². The second kappa shape index (κ2) is 12.8. The number of halogens is 1. The zero-order valence-electron chi connectivity index (χ0n) is 22.0. The van der Waals surface area contributed by atoms with Gasteiger partial charge in [0.1, 0.15) is 28.3 Å². The summed E-state index contributed by atoms with van der Waals surface area (Å²) in [6.45, 7) is 6.91. The molecular weight excluding hydrogens is 535 g/mol. The van der Waals surface area contributed by atoms with Gasteiger partial charge in [-0.3, -0.25) is 4.79 Å². The van der Waals surface area contributed by atoms with Gasteiger partial charge in [-0.2, -0.15) is 5.26 Å². The Morgan fingerprint density at radius 1 is 1.13 bits per heavy atom. The van der Waals surface area contributed by atoms with Crippen LogP contribution in [0.4, 0.5) is 4.39 Å². The standard InChI is InChI=1S/C26H33FN2O7S2/c1-16(2)21-11-18(14-28)26(27)25(17(3)4)22(21)12-19(31)15-37(32,33)24-8-7-20(13-23(24)36-5)38(34,35)29-9-6-10-30/h7-8,11,13,16-17,29-30H,6,9-10,12,15H2,1-5H3. The molecular formula is C26H33FN2O7S2. The number of sulfonamides is 1. The predicted molar refractivity (Wildman–Crippen MR) is 140 cm³/mol. The van der Waals surface area contributed by atoms with Crippen LogP contribution in [0.3, 0.4) is 0 Å². The molecule has 0 saturated heterocycles. The predicted octanol–water partition coefficient (Wildman–Crippen LogP) is 3.20. The molecule has 0 aliphatic carbocycles. The lowest BCUT2D eigenvalue weighted by Crippen LogP contribution is -2.25. The number of hydrogen-bond donors (Lipinski definition) is 2. The summed E-state index contributed by atoms with van der Waals surface area (Å²) in [4.78, 5) is 12.5. The number of ketones is 1. The fraction of sp³-hybridized carbons (Fsp3) is 0.462. The van der Waals surface area contributed by atoms with E-state index in [4.69, 9.17) is 9.84 Å². The number of benzene rings is 2. The van der Waals surface area contributed by atoms with Gasteiger partial charge in [0.25, 0.3) is 0 Å². The minimum absolute atomic E-state index is 0.0115. The van der Waals surface area contributed by atoms with Gasteiger partial charge >= 0.3 is 0 Å². The maximum Gasteiger partial charge on any atom is 0.240 e. The Hall–Kier alpha value is -2.85. The van der Waals surface area contributed by atoms with Crippen LogP contribution in [0.2, 0.25) is 0 Å². The largest absolute Gasteiger partial charge is 0.495 e. The van der Waals surface area contributed by atoms with Crippen LogP contribution >= 0.6 is 0 Å². The molecule has 2 aromatic carbocycles. The highest BCUT2D eigenvalue weighted by Crippen LogP contribution is 2.33. The lowest BCUT2D eigenvalue weighted by atomic mass is 9.84. The smallest absolute Gasteiger partial charge is 0.240 e. The van der Waals surface area contributed by atoms with Crippen molar-refractivity contribution in [3.05, 3.63) is 52.3 Å². The molecule has 0 unspecified atom stereocenters. The number of aliphatic hydroxyl groups is 1. The Morgan fingerprint density at radius 3 is 2.32 bits per heavy atom. The molecule has 2 aromatic rings. The second-order valence-electron chi connectivity index (χ2n) is 9.40. The fourth-order valence-electron chi connectivity index (χ4n) is 4.11. The summed E-state index contributed by atoms with van der Waals surface area (Å²) in [6.07, 6.45) is -0.155. The topological polar surface area (TPSA) is 151 Å². The molecule has 2 rings (SSSR count). The van der Waals surface area contributed by atoms with Gasteiger partial charge in [0, 0.05) is 25.6 Å². The van der Waals surface area contributed by atoms with Crippen molar-refractivity contribution >= 4 is 25.6 Å². The second-order valence-corrected chi connectivity index (χ2v) is 13.1. The molecule has 9 nitrogen and oxygen atoms in total. The van der Waals surface area contributed by atoms with Crippen molar-refractivity contribution in [3.63, 3.8) is 0 Å². The van der Waals surface area contributed by atoms with Gasteiger partial charge in [0.2, 0.25) is 10.0 Å². The number of sulfone groups is 1. The maximum absolute atomic E-state index is 15.1. The van der Waals surface area contributed by atoms with Gasteiger partial charge < -0.3 is 9.84 Å². The van der Waals surface area contributed by atoms with Gasteiger partial charge in [-0.05, 0) is 53.1 Å². The maximum atomic E-state index is 15.1. The van der Waals surface area contributed by atoms with E-state index in [0.717, 1.165) is 18.2 Å². The van der Waals surface area contributed by atoms with Crippen molar-refractivity contribution in [2.24, 2.45) is 0 Å². The number of ether oxygens (including phenoxy) is 1. The van der Waals surface area contributed by atoms with Crippen molar-refractivity contribution in [3.8, 4) is 11.8 Å². The first-order valence-electron chi connectivity index (χ1n) is 12.0. The van der Waals surface area contributed by atoms with Crippen LogP contribution in [0.1, 0.15) is 68.2 Å². The number of rotatable bonds is 13. The Labute approximate surface area is 223 Å². The summed E-state index contributed by atoms with van der Waals surface area (Å²) in [5.41, 5.74) is 1.04. The van der Waals surface area contributed by atoms with Gasteiger partial charge in [-0.25, -0.2) is 25.9 Å². The van der Waals surface area contributed by atoms with E-state index < -0.39 is 37.2 Å². The summed E-state index contributed by atoms with van der Waals surface area (Å²) < 4.78 is 73.8. The molecule has 0 spiro atoms. The van der Waals surface area contributed by atoms with Gasteiger partial charge in [0.05, 0.1) is 17.6 Å². The van der Waals surface area contributed by atoms with E-state index >= 15 is 4.39 Å². The highest BCUT2D eigenvalue weighted by atomic mass is 32.2. The highest BCUT2D eigenvalue weighted by molar-refractivity contribution is 7.92. The lowest BCUT2D eigenvalue weighted by Gasteiger charge is -2.21. The lowest BCUT2D eigenvalue weighted by molar-refractivity contribution is -0.116. The molecule has 38 heavy (non-hydrogen) atoms. The first-order chi connectivity index (χ1) is 17.7. The van der Waals surface area contributed by atoms with E-state index in [1.54, 1.807) is 13.8 Å². The molecule has 0 aliphatic heterocycles. The molecule has 0 aromatic heterocycles. The Kier molecular flexibility index (Phi) is 10.6. The van der Waals surface area contributed by atoms with E-state index in [0.29, 0.717) is 11.1 Å². The zero-order valence-corrected chi connectivity index (χ0v) is 23.7. The van der Waals surface area contributed by atoms with Crippen LogP contribution in [0.15, 0.2) is 34.1 Å². The molecule has 0 radical (unpaired) electrons. The average Bonchev–Trinajstić information content (AvgIpc) is 2.83. The molecule has 2 N–H and O–H groups in total. The monoisotopic (exact) mass is 568 g/mol. The van der Waals surface area contributed by atoms with Crippen LogP contribution in [-0.2, 0) is 31.1 Å². The third kappa shape index (κ3) is 7.17. The molecule has 0 amide bonds. The number of nitriles is 1. The van der Waals surface area contributed by atoms with Crippen LogP contribution in [-0.4, -0.2) is 53.7 Å². The van der Waals surface area contributed by atoms with Crippen molar-refractivity contribution in [2.45, 2.75) is 62.2 Å². The molecule has 0 aliphatic rings. The summed E-state index contributed by atoms with van der Waals surface area (Å²) in [6, 6.07) is 6.43. The van der Waals surface area contributed by atoms with E-state index in [9.17, 15) is 26.9 Å². The van der Waals surface area contributed by atoms with Crippen LogP contribution in [0, 0.1) is 17.1 Å². The third-order valence-corrected chi connectivity index (χ3v) is 9.07. The molecule has 0 fully saturated rings. The van der Waals surface area contributed by atoms with Gasteiger partial charge in [0.15, 0.2) is 15.6 Å². The van der Waals surface area contributed by atoms with Crippen molar-refractivity contribution in [2.75, 3.05) is 26.0 Å². The summed E-state index contributed by atoms with van der Waals surface area (Å²) in [5.74, 6) is -3.09. The van der Waals surface area contributed by atoms with E-state index in [1.807, 2.05) is 19.9 Å². The molecule has 0 heterocycles. The first kappa shape index (κ1) is 31.4. The highest BCUT2D eigenvalue weighted by Gasteiger charge is 2.28. The summed E-state index contributed by atoms with van der Waals surface area (Å²) in [5, 5.41) is 18.2. The number of hydrogen-bond acceptors (Lipinski definition) is 8. The number of aliphatic hydroxyl groups excluding tert-OH is 1. The molecule has 208 valence electrons. The summed E-state index contributed by atoms with van der Waals surface area (Å²) in [7, 11) is -7.08. The minimum atomic E-state index is -4.26. The minimum Gasteiger partial charge on any atom is -0.495 e. The number of carbonyl (C=O) groups excluding carboxylic acids is 1. The Bertz CT molecular complexity index is 1440. The molecule has 0 saturated carbocycles. The quantitative estimate of drug-likeness (QED) is 0.350. The molecule has 0 atom stereocenters. The zero-order chi connectivity index (χ0) is 28.8. The average molecular weight is 569 g/mol. The van der Waals surface area contributed by atoms with Crippen molar-refractivity contribution < 1.29 is 35.9 Å². The number of carbonyl (C=O) groups is 1. The van der Waals surface area contributed by atoms with E-state index in [2.05, 4.69) is 4.72 Å². The van der Waals surface area contributed by atoms with Gasteiger partial charge in [-0.15, -0.1) is 0 Å². The Balaban J connectivity index is 2.44. The number of nitrogens with zero attached hydrogens (tertiary/aromatic N) is 1. The normalized spacial score (nSPS) is 12.1. The van der Waals surface area contributed by atoms with Gasteiger partial charge in [-0.1, -0.05) is 27.7 Å². The first-order valence-corrected chi connectivity index (χ1v) is 15.1. The fourth-order valence-corrected chi connectivity index (χ4v) is 6.61. The SMILES string of the molecule is COc1cc(S(=O)(=O)NCCCO)ccc1S(=O)(=O)CC(=O)Cc1c(C(C)C)cc(C#N)c(F)c1C(C)C. The number of nitrogens with one attached hydrogen (secondary N) is 1. The number of Topliss-reactive ketones (excluding diaryl/α,β-unsaturated/α-hetero) is 1. The summed E-state index contributed by atoms with van der Waals surface area (Å²) >= 11 is 0. The van der Waals surface area contributed by atoms with E-state index in [1.165, 1.54) is 13.2 Å². The third-order valence-electron chi connectivity index (χ3n) is 5.90. The Morgan fingerprint density at radius 2 is 1.79 bits per heavy atom. The molecule has 12 heteroatoms. The van der Waals surface area contributed by atoms with Crippen molar-refractivity contribution in [1.82, 2.24) is 4.72 Å². The van der Waals surface area contributed by atoms with Crippen LogP contribution in [0.25, 0.3) is 0 Å². The van der Waals surface area contributed by atoms with Crippen LogP contribution < -0.4 is 9.46 Å². The van der Waals surface area contributed by atoms with Crippen molar-refractivity contribution in [1.29, 1.82) is 5.26 Å². The molecule has 0 bridgehead atoms. The van der Waals surface area contributed by atoms with Crippen LogP contribution in [0.5, 0.6) is 5.75 Å². The number of methoxy groups -OCH3 is 1.